The van der Waals surface area contributed by atoms with E-state index in [1.165, 1.54) is 6.07 Å². The lowest BCUT2D eigenvalue weighted by molar-refractivity contribution is -0.0498. The Morgan fingerprint density at radius 1 is 1.19 bits per heavy atom. The number of hydrogen-bond donors (Lipinski definition) is 2. The molecule has 1 aromatic carbocycles. The Morgan fingerprint density at radius 2 is 1.93 bits per heavy atom. The summed E-state index contributed by atoms with van der Waals surface area (Å²) in [5, 5.41) is 10.4. The lowest BCUT2D eigenvalue weighted by atomic mass is 9.99. The summed E-state index contributed by atoms with van der Waals surface area (Å²) < 4.78 is 34.4. The topological polar surface area (TPSA) is 71.7 Å². The molecule has 8 heteroatoms. The Labute approximate surface area is 158 Å². The first-order valence-corrected chi connectivity index (χ1v) is 8.99. The first-order chi connectivity index (χ1) is 13.0. The van der Waals surface area contributed by atoms with Crippen LogP contribution in [0.25, 0.3) is 0 Å². The van der Waals surface area contributed by atoms with Gasteiger partial charge < -0.3 is 19.9 Å². The van der Waals surface area contributed by atoms with E-state index in [1.54, 1.807) is 19.2 Å². The summed E-state index contributed by atoms with van der Waals surface area (Å²) >= 11 is 0. The zero-order valence-corrected chi connectivity index (χ0v) is 15.8. The van der Waals surface area contributed by atoms with E-state index in [-0.39, 0.29) is 5.75 Å². The molecule has 2 N–H and O–H groups in total. The summed E-state index contributed by atoms with van der Waals surface area (Å²) in [5.41, 5.74) is 1.77. The maximum atomic E-state index is 12.3. The Hall–Kier alpha value is -2.64. The molecule has 1 heterocycles. The van der Waals surface area contributed by atoms with Crippen molar-refractivity contribution in [1.82, 2.24) is 15.8 Å². The van der Waals surface area contributed by atoms with Gasteiger partial charge in [0.25, 0.3) is 0 Å². The third kappa shape index (κ3) is 6.54. The average molecular weight is 380 g/mol. The summed E-state index contributed by atoms with van der Waals surface area (Å²) in [5.74, 6) is 1.83. The summed E-state index contributed by atoms with van der Waals surface area (Å²) in [6.45, 7) is 2.29. The average Bonchev–Trinajstić information content (AvgIpc) is 3.11. The standard InChI is InChI=1S/C19H26F2N4O2/c1-4-14(5-2)17-10-16(27-25-17)12-24-19(22-3)23-11-13-7-6-8-15(9-13)26-18(20)21/h6-10,14,18H,4-5,11-12H2,1-3H3,(H2,22,23,24). The zero-order chi connectivity index (χ0) is 19.6. The highest BCUT2D eigenvalue weighted by molar-refractivity contribution is 5.79. The molecule has 0 saturated carbocycles. The number of aromatic nitrogens is 1. The molecule has 27 heavy (non-hydrogen) atoms. The van der Waals surface area contributed by atoms with E-state index in [0.29, 0.717) is 25.0 Å². The summed E-state index contributed by atoms with van der Waals surface area (Å²) in [6.07, 6.45) is 2.04. The van der Waals surface area contributed by atoms with E-state index in [1.807, 2.05) is 12.1 Å². The SMILES string of the molecule is CCC(CC)c1cc(CNC(=NC)NCc2cccc(OC(F)F)c2)on1. The highest BCUT2D eigenvalue weighted by atomic mass is 19.3. The van der Waals surface area contributed by atoms with Crippen LogP contribution < -0.4 is 15.4 Å². The minimum absolute atomic E-state index is 0.128. The second-order valence-corrected chi connectivity index (χ2v) is 6.04. The van der Waals surface area contributed by atoms with Crippen LogP contribution in [0.4, 0.5) is 8.78 Å². The van der Waals surface area contributed by atoms with Crippen molar-refractivity contribution in [2.45, 2.75) is 52.3 Å². The van der Waals surface area contributed by atoms with Gasteiger partial charge in [-0.1, -0.05) is 31.1 Å². The van der Waals surface area contributed by atoms with Crippen LogP contribution >= 0.6 is 0 Å². The first kappa shape index (κ1) is 20.7. The molecule has 0 spiro atoms. The molecule has 0 aliphatic rings. The smallest absolute Gasteiger partial charge is 0.387 e. The molecule has 0 fully saturated rings. The van der Waals surface area contributed by atoms with Gasteiger partial charge in [0, 0.05) is 25.6 Å². The Bertz CT molecular complexity index is 730. The molecule has 0 bridgehead atoms. The van der Waals surface area contributed by atoms with Crippen LogP contribution in [0.3, 0.4) is 0 Å². The summed E-state index contributed by atoms with van der Waals surface area (Å²) in [4.78, 5) is 4.14. The molecule has 0 aliphatic carbocycles. The number of rotatable bonds is 9. The minimum Gasteiger partial charge on any atom is -0.435 e. The first-order valence-electron chi connectivity index (χ1n) is 8.99. The second-order valence-electron chi connectivity index (χ2n) is 6.04. The zero-order valence-electron chi connectivity index (χ0n) is 15.8. The van der Waals surface area contributed by atoms with Crippen molar-refractivity contribution in [1.29, 1.82) is 0 Å². The fraction of sp³-hybridized carbons (Fsp3) is 0.474. The largest absolute Gasteiger partial charge is 0.435 e. The normalized spacial score (nSPS) is 11.9. The number of ether oxygens (including phenoxy) is 1. The monoisotopic (exact) mass is 380 g/mol. The maximum Gasteiger partial charge on any atom is 0.387 e. The van der Waals surface area contributed by atoms with Crippen LogP contribution in [0, 0.1) is 0 Å². The summed E-state index contributed by atoms with van der Waals surface area (Å²) in [6, 6.07) is 8.49. The quantitative estimate of drug-likeness (QED) is 0.507. The molecular weight excluding hydrogens is 354 g/mol. The van der Waals surface area contributed by atoms with Gasteiger partial charge in [-0.05, 0) is 30.5 Å². The highest BCUT2D eigenvalue weighted by Gasteiger charge is 2.13. The molecule has 0 radical (unpaired) electrons. The van der Waals surface area contributed by atoms with Crippen LogP contribution in [0.5, 0.6) is 5.75 Å². The molecule has 148 valence electrons. The van der Waals surface area contributed by atoms with E-state index < -0.39 is 6.61 Å². The highest BCUT2D eigenvalue weighted by Crippen LogP contribution is 2.22. The Kier molecular flexibility index (Phi) is 8.03. The molecule has 0 unspecified atom stereocenters. The molecule has 0 saturated heterocycles. The molecule has 1 aromatic heterocycles. The van der Waals surface area contributed by atoms with Gasteiger partial charge in [0.1, 0.15) is 5.75 Å². The van der Waals surface area contributed by atoms with Crippen LogP contribution in [-0.2, 0) is 13.1 Å². The van der Waals surface area contributed by atoms with Crippen molar-refractivity contribution in [3.05, 3.63) is 47.3 Å². The molecule has 0 amide bonds. The Balaban J connectivity index is 1.86. The Morgan fingerprint density at radius 3 is 2.59 bits per heavy atom. The van der Waals surface area contributed by atoms with Gasteiger partial charge in [-0.25, -0.2) is 0 Å². The van der Waals surface area contributed by atoms with Gasteiger partial charge in [-0.3, -0.25) is 4.99 Å². The predicted molar refractivity (Wildman–Crippen MR) is 99.9 cm³/mol. The molecule has 2 rings (SSSR count). The van der Waals surface area contributed by atoms with Crippen molar-refractivity contribution in [2.75, 3.05) is 7.05 Å². The summed E-state index contributed by atoms with van der Waals surface area (Å²) in [7, 11) is 1.65. The second kappa shape index (κ2) is 10.5. The van der Waals surface area contributed by atoms with E-state index in [0.717, 1.165) is 29.9 Å². The maximum absolute atomic E-state index is 12.3. The predicted octanol–water partition coefficient (Wildman–Crippen LogP) is 4.04. The number of hydrogen-bond acceptors (Lipinski definition) is 4. The van der Waals surface area contributed by atoms with Crippen LogP contribution in [0.1, 0.15) is 49.6 Å². The number of nitrogens with one attached hydrogen (secondary N) is 2. The van der Waals surface area contributed by atoms with Crippen molar-refractivity contribution in [3.8, 4) is 5.75 Å². The van der Waals surface area contributed by atoms with E-state index in [4.69, 9.17) is 4.52 Å². The molecular formula is C19H26F2N4O2. The molecule has 0 aliphatic heterocycles. The molecule has 6 nitrogen and oxygen atoms in total. The third-order valence-electron chi connectivity index (χ3n) is 4.22. The van der Waals surface area contributed by atoms with Crippen molar-refractivity contribution < 1.29 is 18.0 Å². The number of benzene rings is 1. The lowest BCUT2D eigenvalue weighted by Crippen LogP contribution is -2.36. The van der Waals surface area contributed by atoms with Crippen molar-refractivity contribution in [3.63, 3.8) is 0 Å². The van der Waals surface area contributed by atoms with Gasteiger partial charge in [-0.15, -0.1) is 0 Å². The number of halogens is 2. The molecule has 0 atom stereocenters. The fourth-order valence-corrected chi connectivity index (χ4v) is 2.72. The van der Waals surface area contributed by atoms with Gasteiger partial charge >= 0.3 is 6.61 Å². The molecule has 2 aromatic rings. The number of aliphatic imine (C=N–C) groups is 1. The number of alkyl halides is 2. The lowest BCUT2D eigenvalue weighted by Gasteiger charge is -2.12. The van der Waals surface area contributed by atoms with Gasteiger partial charge in [-0.2, -0.15) is 8.78 Å². The van der Waals surface area contributed by atoms with Crippen molar-refractivity contribution >= 4 is 5.96 Å². The van der Waals surface area contributed by atoms with Crippen LogP contribution in [0.15, 0.2) is 39.8 Å². The van der Waals surface area contributed by atoms with E-state index >= 15 is 0 Å². The third-order valence-corrected chi connectivity index (χ3v) is 4.22. The van der Waals surface area contributed by atoms with Gasteiger partial charge in [0.2, 0.25) is 0 Å². The fourth-order valence-electron chi connectivity index (χ4n) is 2.72. The van der Waals surface area contributed by atoms with Crippen LogP contribution in [0.2, 0.25) is 0 Å². The van der Waals surface area contributed by atoms with E-state index in [9.17, 15) is 8.78 Å². The van der Waals surface area contributed by atoms with Crippen LogP contribution in [-0.4, -0.2) is 24.8 Å². The number of nitrogens with zero attached hydrogens (tertiary/aromatic N) is 2. The van der Waals surface area contributed by atoms with E-state index in [2.05, 4.69) is 39.4 Å². The van der Waals surface area contributed by atoms with Gasteiger partial charge in [0.15, 0.2) is 11.7 Å². The van der Waals surface area contributed by atoms with Gasteiger partial charge in [0.05, 0.1) is 12.2 Å². The number of guanidine groups is 1. The van der Waals surface area contributed by atoms with Crippen molar-refractivity contribution in [2.24, 2.45) is 4.99 Å². The minimum atomic E-state index is -2.84.